The molecule has 0 radical (unpaired) electrons. The van der Waals surface area contributed by atoms with E-state index in [0.717, 1.165) is 12.3 Å². The van der Waals surface area contributed by atoms with Crippen LogP contribution in [0.2, 0.25) is 0 Å². The van der Waals surface area contributed by atoms with E-state index in [1.165, 1.54) is 0 Å². The average molecular weight is 210 g/mol. The quantitative estimate of drug-likeness (QED) is 0.779. The van der Waals surface area contributed by atoms with Crippen molar-refractivity contribution >= 4 is 5.69 Å². The number of aromatic nitrogens is 1. The molecule has 4 heteroatoms. The van der Waals surface area contributed by atoms with Crippen molar-refractivity contribution in [1.29, 1.82) is 0 Å². The van der Waals surface area contributed by atoms with E-state index >= 15 is 0 Å². The van der Waals surface area contributed by atoms with E-state index in [2.05, 4.69) is 17.2 Å². The van der Waals surface area contributed by atoms with E-state index in [1.807, 2.05) is 19.1 Å². The van der Waals surface area contributed by atoms with E-state index < -0.39 is 0 Å². The number of pyridine rings is 1. The minimum Gasteiger partial charge on any atom is -0.481 e. The van der Waals surface area contributed by atoms with E-state index in [4.69, 9.17) is 9.47 Å². The second-order valence-electron chi connectivity index (χ2n) is 3.29. The molecule has 84 valence electrons. The molecule has 0 saturated heterocycles. The third-order valence-electron chi connectivity index (χ3n) is 1.93. The summed E-state index contributed by atoms with van der Waals surface area (Å²) in [6.45, 7) is 5.50. The molecule has 0 aliphatic rings. The molecular formula is C11H18N2O2. The van der Waals surface area contributed by atoms with Crippen LogP contribution in [0, 0.1) is 0 Å². The molecule has 0 unspecified atom stereocenters. The van der Waals surface area contributed by atoms with Gasteiger partial charge in [0.2, 0.25) is 5.88 Å². The Kier molecular flexibility index (Phi) is 4.90. The summed E-state index contributed by atoms with van der Waals surface area (Å²) in [5, 5.41) is 3.28. The number of nitrogens with zero attached hydrogens (tertiary/aromatic N) is 1. The van der Waals surface area contributed by atoms with Crippen LogP contribution in [0.4, 0.5) is 5.69 Å². The highest BCUT2D eigenvalue weighted by Crippen LogP contribution is 2.11. The number of nitrogens with one attached hydrogen (secondary N) is 1. The van der Waals surface area contributed by atoms with Crippen LogP contribution in [0.5, 0.6) is 5.88 Å². The Hall–Kier alpha value is -1.29. The Morgan fingerprint density at radius 2 is 2.27 bits per heavy atom. The van der Waals surface area contributed by atoms with Crippen molar-refractivity contribution in [1.82, 2.24) is 4.98 Å². The zero-order chi connectivity index (χ0) is 11.1. The summed E-state index contributed by atoms with van der Waals surface area (Å²) in [5.41, 5.74) is 0.975. The molecule has 1 N–H and O–H groups in total. The molecule has 15 heavy (non-hydrogen) atoms. The van der Waals surface area contributed by atoms with Gasteiger partial charge < -0.3 is 14.8 Å². The van der Waals surface area contributed by atoms with Crippen LogP contribution in [0.25, 0.3) is 0 Å². The highest BCUT2D eigenvalue weighted by Gasteiger charge is 2.01. The molecule has 0 spiro atoms. The Bertz CT molecular complexity index is 274. The molecule has 4 nitrogen and oxygen atoms in total. The van der Waals surface area contributed by atoms with Gasteiger partial charge in [0.15, 0.2) is 0 Å². The zero-order valence-corrected chi connectivity index (χ0v) is 9.49. The summed E-state index contributed by atoms with van der Waals surface area (Å²) in [6.07, 6.45) is 1.75. The van der Waals surface area contributed by atoms with Crippen LogP contribution in [0.1, 0.15) is 13.8 Å². The third kappa shape index (κ3) is 4.16. The fourth-order valence-electron chi connectivity index (χ4n) is 1.21. The molecule has 0 aliphatic heterocycles. The van der Waals surface area contributed by atoms with E-state index in [9.17, 15) is 0 Å². The molecule has 0 aliphatic carbocycles. The number of methoxy groups -OCH3 is 1. The van der Waals surface area contributed by atoms with Gasteiger partial charge >= 0.3 is 0 Å². The van der Waals surface area contributed by atoms with Gasteiger partial charge in [-0.15, -0.1) is 0 Å². The van der Waals surface area contributed by atoms with Gasteiger partial charge in [0.25, 0.3) is 0 Å². The molecule has 1 aromatic rings. The number of rotatable bonds is 6. The first-order valence-corrected chi connectivity index (χ1v) is 5.10. The van der Waals surface area contributed by atoms with Gasteiger partial charge in [-0.2, -0.15) is 0 Å². The first-order chi connectivity index (χ1) is 7.26. The molecule has 1 rings (SSSR count). The molecule has 1 atom stereocenters. The molecule has 0 saturated carbocycles. The van der Waals surface area contributed by atoms with Crippen molar-refractivity contribution in [2.24, 2.45) is 0 Å². The fraction of sp³-hybridized carbons (Fsp3) is 0.545. The predicted molar refractivity (Wildman–Crippen MR) is 60.4 cm³/mol. The van der Waals surface area contributed by atoms with Crippen molar-refractivity contribution in [3.8, 4) is 5.88 Å². The van der Waals surface area contributed by atoms with Gasteiger partial charge in [-0.05, 0) is 19.9 Å². The van der Waals surface area contributed by atoms with Crippen molar-refractivity contribution in [3.63, 3.8) is 0 Å². The van der Waals surface area contributed by atoms with Crippen molar-refractivity contribution < 1.29 is 9.47 Å². The number of anilines is 1. The van der Waals surface area contributed by atoms with Crippen molar-refractivity contribution in [2.45, 2.75) is 19.9 Å². The lowest BCUT2D eigenvalue weighted by Gasteiger charge is -2.14. The maximum atomic E-state index is 5.30. The first kappa shape index (κ1) is 11.8. The summed E-state index contributed by atoms with van der Waals surface area (Å²) in [4.78, 5) is 4.10. The Morgan fingerprint density at radius 3 is 2.80 bits per heavy atom. The summed E-state index contributed by atoms with van der Waals surface area (Å²) in [6, 6.07) is 4.05. The smallest absolute Gasteiger partial charge is 0.213 e. The SMILES string of the molecule is CCOC[C@H](C)Nc1ccc(OC)nc1. The number of hydrogen-bond acceptors (Lipinski definition) is 4. The van der Waals surface area contributed by atoms with Gasteiger partial charge in [-0.1, -0.05) is 0 Å². The predicted octanol–water partition coefficient (Wildman–Crippen LogP) is 1.93. The Morgan fingerprint density at radius 1 is 1.47 bits per heavy atom. The minimum atomic E-state index is 0.278. The molecule has 1 heterocycles. The van der Waals surface area contributed by atoms with Crippen LogP contribution in [0.3, 0.4) is 0 Å². The van der Waals surface area contributed by atoms with Gasteiger partial charge in [0, 0.05) is 18.7 Å². The van der Waals surface area contributed by atoms with Crippen molar-refractivity contribution in [3.05, 3.63) is 18.3 Å². The van der Waals surface area contributed by atoms with Gasteiger partial charge in [0.1, 0.15) is 0 Å². The molecule has 0 bridgehead atoms. The zero-order valence-electron chi connectivity index (χ0n) is 9.49. The first-order valence-electron chi connectivity index (χ1n) is 5.10. The Balaban J connectivity index is 2.42. The molecule has 0 fully saturated rings. The highest BCUT2D eigenvalue weighted by molar-refractivity contribution is 5.42. The summed E-state index contributed by atoms with van der Waals surface area (Å²) < 4.78 is 10.3. The van der Waals surface area contributed by atoms with Crippen LogP contribution < -0.4 is 10.1 Å². The lowest BCUT2D eigenvalue weighted by molar-refractivity contribution is 0.141. The molecular weight excluding hydrogens is 192 g/mol. The second-order valence-corrected chi connectivity index (χ2v) is 3.29. The highest BCUT2D eigenvalue weighted by atomic mass is 16.5. The maximum absolute atomic E-state index is 5.30. The number of ether oxygens (including phenoxy) is 2. The summed E-state index contributed by atoms with van der Waals surface area (Å²) >= 11 is 0. The van der Waals surface area contributed by atoms with Crippen LogP contribution in [-0.4, -0.2) is 31.3 Å². The Labute approximate surface area is 90.6 Å². The monoisotopic (exact) mass is 210 g/mol. The van der Waals surface area contributed by atoms with E-state index in [1.54, 1.807) is 13.3 Å². The van der Waals surface area contributed by atoms with Gasteiger partial charge in [-0.25, -0.2) is 4.98 Å². The standard InChI is InChI=1S/C11H18N2O2/c1-4-15-8-9(2)13-10-5-6-11(14-3)12-7-10/h5-7,9,13H,4,8H2,1-3H3/t9-/m0/s1. The van der Waals surface area contributed by atoms with Gasteiger partial charge in [-0.3, -0.25) is 0 Å². The number of hydrogen-bond donors (Lipinski definition) is 1. The maximum Gasteiger partial charge on any atom is 0.213 e. The topological polar surface area (TPSA) is 43.4 Å². The van der Waals surface area contributed by atoms with Crippen molar-refractivity contribution in [2.75, 3.05) is 25.6 Å². The lowest BCUT2D eigenvalue weighted by atomic mass is 10.3. The average Bonchev–Trinajstić information content (AvgIpc) is 2.27. The summed E-state index contributed by atoms with van der Waals surface area (Å²) in [5.74, 6) is 0.623. The van der Waals surface area contributed by atoms with E-state index in [0.29, 0.717) is 12.5 Å². The normalized spacial score (nSPS) is 12.2. The fourth-order valence-corrected chi connectivity index (χ4v) is 1.21. The minimum absolute atomic E-state index is 0.278. The molecule has 0 amide bonds. The third-order valence-corrected chi connectivity index (χ3v) is 1.93. The second kappa shape index (κ2) is 6.24. The molecule has 0 aromatic carbocycles. The lowest BCUT2D eigenvalue weighted by Crippen LogP contribution is -2.21. The molecule has 1 aromatic heterocycles. The largest absolute Gasteiger partial charge is 0.481 e. The van der Waals surface area contributed by atoms with Crippen LogP contribution in [0.15, 0.2) is 18.3 Å². The van der Waals surface area contributed by atoms with Gasteiger partial charge in [0.05, 0.1) is 25.6 Å². The van der Waals surface area contributed by atoms with Crippen LogP contribution in [-0.2, 0) is 4.74 Å². The summed E-state index contributed by atoms with van der Waals surface area (Å²) in [7, 11) is 1.60. The van der Waals surface area contributed by atoms with Crippen LogP contribution >= 0.6 is 0 Å². The van der Waals surface area contributed by atoms with E-state index in [-0.39, 0.29) is 6.04 Å².